The quantitative estimate of drug-likeness (QED) is 0.614. The second-order valence-electron chi connectivity index (χ2n) is 6.84. The summed E-state index contributed by atoms with van der Waals surface area (Å²) in [5.74, 6) is -1.32. The minimum absolute atomic E-state index is 0.00155. The van der Waals surface area contributed by atoms with Crippen molar-refractivity contribution >= 4 is 17.6 Å². The van der Waals surface area contributed by atoms with E-state index >= 15 is 0 Å². The van der Waals surface area contributed by atoms with Crippen LogP contribution in [-0.2, 0) is 9.53 Å². The Morgan fingerprint density at radius 3 is 2.59 bits per heavy atom. The maximum atomic E-state index is 12.8. The van der Waals surface area contributed by atoms with Crippen molar-refractivity contribution in [2.45, 2.75) is 25.4 Å². The Bertz CT molecular complexity index is 743. The number of rotatable bonds is 5. The highest BCUT2D eigenvalue weighted by Gasteiger charge is 2.41. The van der Waals surface area contributed by atoms with E-state index in [2.05, 4.69) is 0 Å². The van der Waals surface area contributed by atoms with Crippen molar-refractivity contribution in [2.75, 3.05) is 26.8 Å². The summed E-state index contributed by atoms with van der Waals surface area (Å²) in [5, 5.41) is 20.6. The van der Waals surface area contributed by atoms with E-state index in [9.17, 15) is 24.8 Å². The van der Waals surface area contributed by atoms with Gasteiger partial charge >= 0.3 is 5.97 Å². The smallest absolute Gasteiger partial charge is 0.309 e. The van der Waals surface area contributed by atoms with Crippen LogP contribution in [0.2, 0.25) is 0 Å². The number of methoxy groups -OCH3 is 1. The fourth-order valence-corrected chi connectivity index (χ4v) is 3.91. The van der Waals surface area contributed by atoms with Gasteiger partial charge in [0.15, 0.2) is 0 Å². The fourth-order valence-electron chi connectivity index (χ4n) is 3.91. The van der Waals surface area contributed by atoms with E-state index in [-0.39, 0.29) is 23.3 Å². The number of likely N-dealkylation sites (tertiary alicyclic amines) is 1. The van der Waals surface area contributed by atoms with Gasteiger partial charge in [0.1, 0.15) is 11.3 Å². The molecule has 1 N–H and O–H groups in total. The minimum atomic E-state index is -0.844. The van der Waals surface area contributed by atoms with Crippen molar-refractivity contribution in [3.63, 3.8) is 0 Å². The van der Waals surface area contributed by atoms with Crippen molar-refractivity contribution in [3.8, 4) is 5.75 Å². The number of piperidine rings is 1. The first-order valence-electron chi connectivity index (χ1n) is 8.88. The van der Waals surface area contributed by atoms with E-state index in [1.807, 2.05) is 0 Å². The largest absolute Gasteiger partial charge is 0.497 e. The first-order valence-corrected chi connectivity index (χ1v) is 8.88. The maximum Gasteiger partial charge on any atom is 0.309 e. The minimum Gasteiger partial charge on any atom is -0.497 e. The summed E-state index contributed by atoms with van der Waals surface area (Å²) in [6.45, 7) is 1.25. The molecule has 0 radical (unpaired) electrons. The number of nitro benzene ring substituents is 1. The molecule has 2 heterocycles. The Kier molecular flexibility index (Phi) is 5.59. The van der Waals surface area contributed by atoms with Crippen molar-refractivity contribution in [1.82, 2.24) is 4.90 Å². The second-order valence-corrected chi connectivity index (χ2v) is 6.84. The Balaban J connectivity index is 1.70. The molecule has 9 nitrogen and oxygen atoms in total. The molecule has 0 bridgehead atoms. The molecule has 146 valence electrons. The van der Waals surface area contributed by atoms with Gasteiger partial charge in [0.25, 0.3) is 11.6 Å². The number of carboxylic acid groups (broad SMARTS) is 1. The molecule has 2 atom stereocenters. The molecular weight excluding hydrogens is 356 g/mol. The maximum absolute atomic E-state index is 12.8. The lowest BCUT2D eigenvalue weighted by Gasteiger charge is -2.35. The molecular formula is C18H22N2O7. The Labute approximate surface area is 156 Å². The van der Waals surface area contributed by atoms with Crippen LogP contribution in [0.1, 0.15) is 29.6 Å². The molecule has 0 saturated carbocycles. The van der Waals surface area contributed by atoms with Crippen molar-refractivity contribution < 1.29 is 29.1 Å². The number of carboxylic acids is 1. The monoisotopic (exact) mass is 378 g/mol. The first-order chi connectivity index (χ1) is 12.9. The molecule has 9 heteroatoms. The predicted octanol–water partition coefficient (Wildman–Crippen LogP) is 1.95. The highest BCUT2D eigenvalue weighted by molar-refractivity contribution is 5.98. The average Bonchev–Trinajstić information content (AvgIpc) is 3.17. The van der Waals surface area contributed by atoms with Crippen LogP contribution in [-0.4, -0.2) is 59.7 Å². The average molecular weight is 378 g/mol. The second kappa shape index (κ2) is 7.91. The van der Waals surface area contributed by atoms with Gasteiger partial charge in [-0.1, -0.05) is 0 Å². The third-order valence-corrected chi connectivity index (χ3v) is 5.38. The SMILES string of the molecule is COc1ccc([N+](=O)[O-])c(C(=O)N2CCC([C@@H]3OCCC3C(=O)O)CC2)c1. The molecule has 1 amide bonds. The summed E-state index contributed by atoms with van der Waals surface area (Å²) in [5.41, 5.74) is -0.258. The van der Waals surface area contributed by atoms with Gasteiger partial charge in [0.05, 0.1) is 24.1 Å². The van der Waals surface area contributed by atoms with E-state index < -0.39 is 22.7 Å². The third kappa shape index (κ3) is 3.87. The number of benzene rings is 1. The molecule has 0 spiro atoms. The molecule has 3 rings (SSSR count). The van der Waals surface area contributed by atoms with E-state index in [4.69, 9.17) is 9.47 Å². The van der Waals surface area contributed by atoms with Gasteiger partial charge in [0.2, 0.25) is 0 Å². The molecule has 2 saturated heterocycles. The molecule has 27 heavy (non-hydrogen) atoms. The number of amides is 1. The van der Waals surface area contributed by atoms with Gasteiger partial charge in [-0.3, -0.25) is 19.7 Å². The van der Waals surface area contributed by atoms with Gasteiger partial charge in [0, 0.05) is 25.8 Å². The lowest BCUT2D eigenvalue weighted by atomic mass is 9.84. The molecule has 1 aromatic rings. The molecule has 2 fully saturated rings. The normalized spacial score (nSPS) is 23.2. The Morgan fingerprint density at radius 2 is 2.00 bits per heavy atom. The van der Waals surface area contributed by atoms with Crippen LogP contribution in [0.25, 0.3) is 0 Å². The van der Waals surface area contributed by atoms with Gasteiger partial charge in [-0.15, -0.1) is 0 Å². The summed E-state index contributed by atoms with van der Waals surface area (Å²) >= 11 is 0. The van der Waals surface area contributed by atoms with E-state index in [1.165, 1.54) is 25.3 Å². The molecule has 2 aliphatic rings. The molecule has 1 unspecified atom stereocenters. The van der Waals surface area contributed by atoms with Gasteiger partial charge in [-0.2, -0.15) is 0 Å². The van der Waals surface area contributed by atoms with Crippen molar-refractivity contribution in [2.24, 2.45) is 11.8 Å². The highest BCUT2D eigenvalue weighted by atomic mass is 16.6. The number of carbonyl (C=O) groups is 2. The number of carbonyl (C=O) groups excluding carboxylic acids is 1. The Hall–Kier alpha value is -2.68. The summed E-state index contributed by atoms with van der Waals surface area (Å²) in [7, 11) is 1.43. The summed E-state index contributed by atoms with van der Waals surface area (Å²) in [6, 6.07) is 4.10. The lowest BCUT2D eigenvalue weighted by Crippen LogP contribution is -2.43. The number of hydrogen-bond acceptors (Lipinski definition) is 6. The summed E-state index contributed by atoms with van der Waals surface area (Å²) in [6.07, 6.45) is 1.40. The van der Waals surface area contributed by atoms with Crippen LogP contribution in [0.3, 0.4) is 0 Å². The summed E-state index contributed by atoms with van der Waals surface area (Å²) in [4.78, 5) is 36.4. The van der Waals surface area contributed by atoms with Gasteiger partial charge < -0.3 is 19.5 Å². The van der Waals surface area contributed by atoms with Crippen LogP contribution >= 0.6 is 0 Å². The fraction of sp³-hybridized carbons (Fsp3) is 0.556. The number of nitrogens with zero attached hydrogens (tertiary/aromatic N) is 2. The zero-order valence-corrected chi connectivity index (χ0v) is 15.0. The van der Waals surface area contributed by atoms with Crippen LogP contribution in [0.15, 0.2) is 18.2 Å². The van der Waals surface area contributed by atoms with Gasteiger partial charge in [-0.25, -0.2) is 0 Å². The van der Waals surface area contributed by atoms with Crippen LogP contribution in [0.5, 0.6) is 5.75 Å². The lowest BCUT2D eigenvalue weighted by molar-refractivity contribution is -0.385. The number of aliphatic carboxylic acids is 1. The molecule has 0 aliphatic carbocycles. The van der Waals surface area contributed by atoms with E-state index in [0.717, 1.165) is 0 Å². The van der Waals surface area contributed by atoms with Crippen molar-refractivity contribution in [1.29, 1.82) is 0 Å². The number of ether oxygens (including phenoxy) is 2. The van der Waals surface area contributed by atoms with Gasteiger partial charge in [-0.05, 0) is 37.3 Å². The predicted molar refractivity (Wildman–Crippen MR) is 93.8 cm³/mol. The first kappa shape index (κ1) is 19.1. The van der Waals surface area contributed by atoms with E-state index in [0.29, 0.717) is 44.7 Å². The van der Waals surface area contributed by atoms with Crippen molar-refractivity contribution in [3.05, 3.63) is 33.9 Å². The summed E-state index contributed by atoms with van der Waals surface area (Å²) < 4.78 is 10.7. The molecule has 2 aliphatic heterocycles. The molecule has 0 aromatic heterocycles. The molecule has 1 aromatic carbocycles. The standard InChI is InChI=1S/C18H22N2O7/c1-26-12-2-3-15(20(24)25)14(10-12)17(21)19-7-4-11(5-8-19)16-13(18(22)23)6-9-27-16/h2-3,10-11,13,16H,4-9H2,1H3,(H,22,23)/t13?,16-/m0/s1. The number of hydrogen-bond donors (Lipinski definition) is 1. The van der Waals surface area contributed by atoms with Crippen LogP contribution in [0, 0.1) is 22.0 Å². The number of nitro groups is 1. The van der Waals surface area contributed by atoms with Crippen LogP contribution < -0.4 is 4.74 Å². The topological polar surface area (TPSA) is 119 Å². The Morgan fingerprint density at radius 1 is 1.30 bits per heavy atom. The zero-order chi connectivity index (χ0) is 19.6. The van der Waals surface area contributed by atoms with Crippen LogP contribution in [0.4, 0.5) is 5.69 Å². The van der Waals surface area contributed by atoms with E-state index in [1.54, 1.807) is 4.90 Å². The zero-order valence-electron chi connectivity index (χ0n) is 15.0. The highest BCUT2D eigenvalue weighted by Crippen LogP contribution is 2.34. The third-order valence-electron chi connectivity index (χ3n) is 5.38.